The van der Waals surface area contributed by atoms with Crippen LogP contribution in [-0.2, 0) is 10.9 Å². The Balaban J connectivity index is 1.91. The molecule has 6 heteroatoms. The Morgan fingerprint density at radius 2 is 2.20 bits per heavy atom. The summed E-state index contributed by atoms with van der Waals surface area (Å²) < 4.78 is 43.4. The third-order valence-electron chi connectivity index (χ3n) is 3.39. The molecule has 0 aliphatic carbocycles. The van der Waals surface area contributed by atoms with Crippen molar-refractivity contribution in [3.63, 3.8) is 0 Å². The molecule has 1 fully saturated rings. The van der Waals surface area contributed by atoms with E-state index in [0.717, 1.165) is 31.8 Å². The van der Waals surface area contributed by atoms with E-state index in [1.54, 1.807) is 6.07 Å². The number of benzene rings is 1. The molecule has 0 amide bonds. The SMILES string of the molecule is CCN1CCOC(CNc2cccc(C(F)(F)F)c2)C1. The molecule has 1 aliphatic rings. The van der Waals surface area contributed by atoms with Gasteiger partial charge in [0.2, 0.25) is 0 Å². The Bertz CT molecular complexity index is 437. The number of morpholine rings is 1. The van der Waals surface area contributed by atoms with Crippen molar-refractivity contribution in [1.82, 2.24) is 4.90 Å². The molecule has 1 unspecified atom stereocenters. The minimum atomic E-state index is -4.31. The second-order valence-corrected chi connectivity index (χ2v) is 4.85. The lowest BCUT2D eigenvalue weighted by Gasteiger charge is -2.32. The molecule has 20 heavy (non-hydrogen) atoms. The van der Waals surface area contributed by atoms with Gasteiger partial charge in [-0.15, -0.1) is 0 Å². The maximum Gasteiger partial charge on any atom is 0.416 e. The quantitative estimate of drug-likeness (QED) is 0.922. The maximum atomic E-state index is 12.6. The topological polar surface area (TPSA) is 24.5 Å². The predicted octanol–water partition coefficient (Wildman–Crippen LogP) is 2.84. The molecule has 1 atom stereocenters. The molecular weight excluding hydrogens is 269 g/mol. The third-order valence-corrected chi connectivity index (χ3v) is 3.39. The number of nitrogens with one attached hydrogen (secondary N) is 1. The summed E-state index contributed by atoms with van der Waals surface area (Å²) >= 11 is 0. The van der Waals surface area contributed by atoms with E-state index in [0.29, 0.717) is 18.8 Å². The van der Waals surface area contributed by atoms with Crippen molar-refractivity contribution >= 4 is 5.69 Å². The molecule has 3 nitrogen and oxygen atoms in total. The fourth-order valence-corrected chi connectivity index (χ4v) is 2.23. The first-order valence-corrected chi connectivity index (χ1v) is 6.74. The number of hydrogen-bond acceptors (Lipinski definition) is 3. The Morgan fingerprint density at radius 1 is 1.40 bits per heavy atom. The molecular formula is C14H19F3N2O. The summed E-state index contributed by atoms with van der Waals surface area (Å²) in [6.07, 6.45) is -4.30. The zero-order chi connectivity index (χ0) is 14.6. The first-order valence-electron chi connectivity index (χ1n) is 6.74. The van der Waals surface area contributed by atoms with Crippen LogP contribution in [0, 0.1) is 0 Å². The van der Waals surface area contributed by atoms with Crippen molar-refractivity contribution in [2.75, 3.05) is 38.1 Å². The van der Waals surface area contributed by atoms with Crippen molar-refractivity contribution in [2.24, 2.45) is 0 Å². The lowest BCUT2D eigenvalue weighted by molar-refractivity contribution is -0.137. The second kappa shape index (κ2) is 6.45. The third kappa shape index (κ3) is 4.11. The van der Waals surface area contributed by atoms with Gasteiger partial charge in [-0.3, -0.25) is 4.90 Å². The zero-order valence-corrected chi connectivity index (χ0v) is 11.4. The van der Waals surface area contributed by atoms with Crippen molar-refractivity contribution in [2.45, 2.75) is 19.2 Å². The summed E-state index contributed by atoms with van der Waals surface area (Å²) in [5, 5.41) is 3.02. The van der Waals surface area contributed by atoms with Gasteiger partial charge in [-0.1, -0.05) is 13.0 Å². The van der Waals surface area contributed by atoms with Gasteiger partial charge in [-0.2, -0.15) is 13.2 Å². The summed E-state index contributed by atoms with van der Waals surface area (Å²) in [4.78, 5) is 2.27. The molecule has 1 heterocycles. The zero-order valence-electron chi connectivity index (χ0n) is 11.4. The minimum absolute atomic E-state index is 0.0123. The molecule has 2 rings (SSSR count). The van der Waals surface area contributed by atoms with Crippen LogP contribution in [0.3, 0.4) is 0 Å². The normalized spacial score (nSPS) is 20.9. The highest BCUT2D eigenvalue weighted by atomic mass is 19.4. The average molecular weight is 288 g/mol. The second-order valence-electron chi connectivity index (χ2n) is 4.85. The predicted molar refractivity (Wildman–Crippen MR) is 71.8 cm³/mol. The van der Waals surface area contributed by atoms with Crippen molar-refractivity contribution in [3.8, 4) is 0 Å². The van der Waals surface area contributed by atoms with Crippen LogP contribution in [0.1, 0.15) is 12.5 Å². The Hall–Kier alpha value is -1.27. The van der Waals surface area contributed by atoms with E-state index in [1.807, 2.05) is 0 Å². The van der Waals surface area contributed by atoms with Gasteiger partial charge in [-0.25, -0.2) is 0 Å². The van der Waals surface area contributed by atoms with Gasteiger partial charge in [0.25, 0.3) is 0 Å². The Kier molecular flexibility index (Phi) is 4.88. The highest BCUT2D eigenvalue weighted by molar-refractivity contribution is 5.46. The molecule has 1 aliphatic heterocycles. The van der Waals surface area contributed by atoms with Gasteiger partial charge in [0, 0.05) is 25.3 Å². The fourth-order valence-electron chi connectivity index (χ4n) is 2.23. The van der Waals surface area contributed by atoms with Crippen LogP contribution < -0.4 is 5.32 Å². The fraction of sp³-hybridized carbons (Fsp3) is 0.571. The van der Waals surface area contributed by atoms with Gasteiger partial charge < -0.3 is 10.1 Å². The van der Waals surface area contributed by atoms with Gasteiger partial charge in [0.1, 0.15) is 0 Å². The molecule has 1 aromatic rings. The van der Waals surface area contributed by atoms with E-state index < -0.39 is 11.7 Å². The number of ether oxygens (including phenoxy) is 1. The van der Waals surface area contributed by atoms with E-state index in [9.17, 15) is 13.2 Å². The van der Waals surface area contributed by atoms with Crippen molar-refractivity contribution in [1.29, 1.82) is 0 Å². The number of nitrogens with zero attached hydrogens (tertiary/aromatic N) is 1. The standard InChI is InChI=1S/C14H19F3N2O/c1-2-19-6-7-20-13(10-19)9-18-12-5-3-4-11(8-12)14(15,16)17/h3-5,8,13,18H,2,6-7,9-10H2,1H3. The van der Waals surface area contributed by atoms with Crippen molar-refractivity contribution in [3.05, 3.63) is 29.8 Å². The molecule has 0 aromatic heterocycles. The van der Waals surface area contributed by atoms with E-state index in [1.165, 1.54) is 6.07 Å². The van der Waals surface area contributed by atoms with Crippen LogP contribution in [0.2, 0.25) is 0 Å². The van der Waals surface area contributed by atoms with E-state index in [2.05, 4.69) is 17.1 Å². The monoisotopic (exact) mass is 288 g/mol. The number of rotatable bonds is 4. The number of likely N-dealkylation sites (N-methyl/N-ethyl adjacent to an activating group) is 1. The molecule has 1 N–H and O–H groups in total. The van der Waals surface area contributed by atoms with Crippen molar-refractivity contribution < 1.29 is 17.9 Å². The first kappa shape index (κ1) is 15.1. The molecule has 0 bridgehead atoms. The van der Waals surface area contributed by atoms with Crippen LogP contribution in [0.5, 0.6) is 0 Å². The summed E-state index contributed by atoms with van der Waals surface area (Å²) in [6, 6.07) is 5.24. The maximum absolute atomic E-state index is 12.6. The van der Waals surface area contributed by atoms with Crippen LogP contribution in [-0.4, -0.2) is 43.8 Å². The summed E-state index contributed by atoms with van der Waals surface area (Å²) in [5.74, 6) is 0. The van der Waals surface area contributed by atoms with E-state index in [-0.39, 0.29) is 6.10 Å². The van der Waals surface area contributed by atoms with Gasteiger partial charge in [0.05, 0.1) is 18.3 Å². The molecule has 0 saturated carbocycles. The molecule has 112 valence electrons. The van der Waals surface area contributed by atoms with Gasteiger partial charge in [-0.05, 0) is 24.7 Å². The van der Waals surface area contributed by atoms with Crippen LogP contribution in [0.4, 0.5) is 18.9 Å². The highest BCUT2D eigenvalue weighted by Crippen LogP contribution is 2.30. The van der Waals surface area contributed by atoms with Crippen LogP contribution >= 0.6 is 0 Å². The lowest BCUT2D eigenvalue weighted by atomic mass is 10.2. The Morgan fingerprint density at radius 3 is 2.90 bits per heavy atom. The van der Waals surface area contributed by atoms with Gasteiger partial charge >= 0.3 is 6.18 Å². The number of hydrogen-bond donors (Lipinski definition) is 1. The lowest BCUT2D eigenvalue weighted by Crippen LogP contribution is -2.45. The summed E-state index contributed by atoms with van der Waals surface area (Å²) in [5.41, 5.74) is -0.167. The smallest absolute Gasteiger partial charge is 0.382 e. The molecule has 0 radical (unpaired) electrons. The number of alkyl halides is 3. The first-order chi connectivity index (χ1) is 9.49. The molecule has 1 saturated heterocycles. The summed E-state index contributed by atoms with van der Waals surface area (Å²) in [7, 11) is 0. The van der Waals surface area contributed by atoms with Crippen LogP contribution in [0.25, 0.3) is 0 Å². The average Bonchev–Trinajstić information content (AvgIpc) is 2.45. The largest absolute Gasteiger partial charge is 0.416 e. The molecule has 1 aromatic carbocycles. The summed E-state index contributed by atoms with van der Waals surface area (Å²) in [6.45, 7) is 5.95. The van der Waals surface area contributed by atoms with Crippen LogP contribution in [0.15, 0.2) is 24.3 Å². The van der Waals surface area contributed by atoms with E-state index >= 15 is 0 Å². The number of halogens is 3. The number of anilines is 1. The van der Waals surface area contributed by atoms with Gasteiger partial charge in [0.15, 0.2) is 0 Å². The Labute approximate surface area is 116 Å². The highest BCUT2D eigenvalue weighted by Gasteiger charge is 2.30. The molecule has 0 spiro atoms. The van der Waals surface area contributed by atoms with E-state index in [4.69, 9.17) is 4.74 Å². The minimum Gasteiger partial charge on any atom is -0.382 e.